The molecule has 2 aromatic carbocycles. The van der Waals surface area contributed by atoms with Gasteiger partial charge in [0.2, 0.25) is 11.8 Å². The number of hydrogen-bond acceptors (Lipinski definition) is 8. The van der Waals surface area contributed by atoms with Crippen LogP contribution in [0.1, 0.15) is 30.5 Å². The molecule has 2 aliphatic rings. The number of para-hydroxylation sites is 1. The van der Waals surface area contributed by atoms with E-state index < -0.39 is 23.8 Å². The highest BCUT2D eigenvalue weighted by Crippen LogP contribution is 2.28. The van der Waals surface area contributed by atoms with Gasteiger partial charge >= 0.3 is 6.09 Å². The number of hydroxylamine groups is 1. The van der Waals surface area contributed by atoms with E-state index in [1.807, 2.05) is 37.3 Å². The number of hydrogen-bond donors (Lipinski definition) is 3. The summed E-state index contributed by atoms with van der Waals surface area (Å²) in [5.74, 6) is -2.14. The number of aromatic nitrogens is 1. The number of carbonyl (C=O) groups is 3. The van der Waals surface area contributed by atoms with Crippen LogP contribution in [-0.2, 0) is 25.7 Å². The van der Waals surface area contributed by atoms with Gasteiger partial charge in [0.05, 0.1) is 30.6 Å². The predicted octanol–water partition coefficient (Wildman–Crippen LogP) is 3.82. The highest BCUT2D eigenvalue weighted by Gasteiger charge is 2.41. The lowest BCUT2D eigenvalue weighted by Crippen LogP contribution is -2.52. The van der Waals surface area contributed by atoms with Gasteiger partial charge in [0, 0.05) is 48.3 Å². The number of amides is 3. The van der Waals surface area contributed by atoms with Crippen LogP contribution in [0.5, 0.6) is 5.75 Å². The molecule has 0 radical (unpaired) electrons. The van der Waals surface area contributed by atoms with Crippen molar-refractivity contribution in [3.8, 4) is 5.75 Å². The molecule has 3 N–H and O–H groups in total. The Bertz CT molecular complexity index is 1390. The van der Waals surface area contributed by atoms with Crippen LogP contribution >= 0.6 is 0 Å². The van der Waals surface area contributed by atoms with Crippen molar-refractivity contribution < 1.29 is 33.8 Å². The summed E-state index contributed by atoms with van der Waals surface area (Å²) in [6.07, 6.45) is 0.720. The van der Waals surface area contributed by atoms with Gasteiger partial charge in [0.25, 0.3) is 0 Å². The zero-order valence-electron chi connectivity index (χ0n) is 22.9. The number of ether oxygens (including phenoxy) is 3. The maximum Gasteiger partial charge on any atom is 0.410 e. The van der Waals surface area contributed by atoms with Crippen molar-refractivity contribution in [2.24, 2.45) is 11.8 Å². The van der Waals surface area contributed by atoms with Gasteiger partial charge in [-0.05, 0) is 49.7 Å². The predicted molar refractivity (Wildman–Crippen MR) is 149 cm³/mol. The topological polar surface area (TPSA) is 139 Å². The fourth-order valence-corrected chi connectivity index (χ4v) is 5.34. The quantitative estimate of drug-likeness (QED) is 0.292. The standard InChI is InChI=1S/C30H34N4O7/c1-19-16-20(24-4-2-3-5-27(24)31-19)18-40-22-8-6-21(7-9-22)32-28(35)25-10-13-34(17-26(25)29(36)33-38)30(37)41-23-11-14-39-15-12-23/h2-9,16,23,25-26,38H,10-15,17-18H2,1H3,(H,32,35)(H,33,36)/t25-,26-/m0/s1. The highest BCUT2D eigenvalue weighted by molar-refractivity contribution is 5.96. The van der Waals surface area contributed by atoms with Gasteiger partial charge in [-0.15, -0.1) is 0 Å². The zero-order chi connectivity index (χ0) is 28.8. The Hall–Kier alpha value is -4.22. The number of piperidine rings is 1. The number of pyridine rings is 1. The van der Waals surface area contributed by atoms with E-state index in [0.717, 1.165) is 22.2 Å². The van der Waals surface area contributed by atoms with Crippen LogP contribution in [0.4, 0.5) is 10.5 Å². The Morgan fingerprint density at radius 2 is 1.78 bits per heavy atom. The zero-order valence-corrected chi connectivity index (χ0v) is 22.9. The van der Waals surface area contributed by atoms with Crippen molar-refractivity contribution >= 4 is 34.5 Å². The largest absolute Gasteiger partial charge is 0.489 e. The Morgan fingerprint density at radius 3 is 2.54 bits per heavy atom. The monoisotopic (exact) mass is 562 g/mol. The second-order valence-electron chi connectivity index (χ2n) is 10.4. The second kappa shape index (κ2) is 13.0. The van der Waals surface area contributed by atoms with Crippen molar-refractivity contribution in [2.45, 2.75) is 38.9 Å². The molecule has 3 aromatic rings. The van der Waals surface area contributed by atoms with E-state index in [4.69, 9.17) is 14.2 Å². The first-order chi connectivity index (χ1) is 19.9. The lowest BCUT2D eigenvalue weighted by atomic mass is 9.84. The fourth-order valence-electron chi connectivity index (χ4n) is 5.34. The molecule has 5 rings (SSSR count). The van der Waals surface area contributed by atoms with Crippen LogP contribution in [0.25, 0.3) is 10.9 Å². The van der Waals surface area contributed by atoms with Crippen LogP contribution in [-0.4, -0.2) is 65.4 Å². The number of fused-ring (bicyclic) bond motifs is 1. The molecular formula is C30H34N4O7. The molecule has 0 spiro atoms. The van der Waals surface area contributed by atoms with Crippen molar-refractivity contribution in [1.82, 2.24) is 15.4 Å². The lowest BCUT2D eigenvalue weighted by molar-refractivity contribution is -0.141. The van der Waals surface area contributed by atoms with Crippen LogP contribution < -0.4 is 15.5 Å². The Kier molecular flexibility index (Phi) is 8.95. The average Bonchev–Trinajstić information content (AvgIpc) is 3.00. The maximum absolute atomic E-state index is 13.2. The first kappa shape index (κ1) is 28.3. The van der Waals surface area contributed by atoms with Gasteiger partial charge < -0.3 is 24.4 Å². The molecule has 2 aliphatic heterocycles. The van der Waals surface area contributed by atoms with Crippen molar-refractivity contribution in [1.29, 1.82) is 0 Å². The third kappa shape index (κ3) is 6.93. The third-order valence-electron chi connectivity index (χ3n) is 7.54. The van der Waals surface area contributed by atoms with Crippen LogP contribution in [0.3, 0.4) is 0 Å². The smallest absolute Gasteiger partial charge is 0.410 e. The molecule has 2 saturated heterocycles. The van der Waals surface area contributed by atoms with E-state index in [1.165, 1.54) is 4.90 Å². The fraction of sp³-hybridized carbons (Fsp3) is 0.400. The van der Waals surface area contributed by atoms with E-state index in [9.17, 15) is 19.6 Å². The summed E-state index contributed by atoms with van der Waals surface area (Å²) in [5, 5.41) is 13.2. The number of aryl methyl sites for hydroxylation is 1. The number of rotatable bonds is 7. The molecule has 2 fully saturated rings. The van der Waals surface area contributed by atoms with Crippen molar-refractivity contribution in [3.05, 3.63) is 65.9 Å². The normalized spacial score (nSPS) is 19.4. The van der Waals surface area contributed by atoms with Crippen molar-refractivity contribution in [3.63, 3.8) is 0 Å². The number of carbonyl (C=O) groups excluding carboxylic acids is 3. The number of anilines is 1. The Morgan fingerprint density at radius 1 is 1.02 bits per heavy atom. The Labute approximate surface area is 237 Å². The maximum atomic E-state index is 13.2. The summed E-state index contributed by atoms with van der Waals surface area (Å²) in [6, 6.07) is 16.9. The molecule has 2 atom stereocenters. The van der Waals surface area contributed by atoms with Crippen LogP contribution in [0.15, 0.2) is 54.6 Å². The number of likely N-dealkylation sites (tertiary alicyclic amines) is 1. The molecular weight excluding hydrogens is 528 g/mol. The molecule has 0 aliphatic carbocycles. The van der Waals surface area contributed by atoms with Gasteiger partial charge in [-0.25, -0.2) is 10.3 Å². The summed E-state index contributed by atoms with van der Waals surface area (Å²) in [7, 11) is 0. The van der Waals surface area contributed by atoms with Crippen LogP contribution in [0, 0.1) is 18.8 Å². The lowest BCUT2D eigenvalue weighted by Gasteiger charge is -2.37. The minimum atomic E-state index is -0.933. The minimum Gasteiger partial charge on any atom is -0.489 e. The molecule has 11 heteroatoms. The SMILES string of the molecule is Cc1cc(COc2ccc(NC(=O)[C@H]3CCN(C(=O)OC4CCOCC4)C[C@@H]3C(=O)NO)cc2)c2ccccc2n1. The first-order valence-electron chi connectivity index (χ1n) is 13.8. The highest BCUT2D eigenvalue weighted by atomic mass is 16.6. The van der Waals surface area contributed by atoms with Gasteiger partial charge in [-0.3, -0.25) is 19.8 Å². The van der Waals surface area contributed by atoms with E-state index in [-0.39, 0.29) is 31.5 Å². The molecule has 11 nitrogen and oxygen atoms in total. The molecule has 1 aromatic heterocycles. The van der Waals surface area contributed by atoms with E-state index in [2.05, 4.69) is 10.3 Å². The first-order valence-corrected chi connectivity index (χ1v) is 13.8. The van der Waals surface area contributed by atoms with Crippen molar-refractivity contribution in [2.75, 3.05) is 31.6 Å². The number of nitrogens with one attached hydrogen (secondary N) is 2. The Balaban J connectivity index is 1.18. The average molecular weight is 563 g/mol. The molecule has 0 unspecified atom stereocenters. The molecule has 216 valence electrons. The van der Waals surface area contributed by atoms with Gasteiger partial charge in [-0.2, -0.15) is 0 Å². The summed E-state index contributed by atoms with van der Waals surface area (Å²) in [5.41, 5.74) is 5.04. The molecule has 3 amide bonds. The van der Waals surface area contributed by atoms with Gasteiger partial charge in [0.1, 0.15) is 18.5 Å². The van der Waals surface area contributed by atoms with Crippen LogP contribution in [0.2, 0.25) is 0 Å². The third-order valence-corrected chi connectivity index (χ3v) is 7.54. The molecule has 0 bridgehead atoms. The molecule has 3 heterocycles. The van der Waals surface area contributed by atoms with E-state index >= 15 is 0 Å². The van der Waals surface area contributed by atoms with E-state index in [1.54, 1.807) is 29.7 Å². The van der Waals surface area contributed by atoms with E-state index in [0.29, 0.717) is 44.1 Å². The summed E-state index contributed by atoms with van der Waals surface area (Å²) in [4.78, 5) is 44.3. The molecule has 0 saturated carbocycles. The number of nitrogens with zero attached hydrogens (tertiary/aromatic N) is 2. The summed E-state index contributed by atoms with van der Waals surface area (Å²) >= 11 is 0. The van der Waals surface area contributed by atoms with Gasteiger partial charge in [0.15, 0.2) is 0 Å². The molecule has 41 heavy (non-hydrogen) atoms. The summed E-state index contributed by atoms with van der Waals surface area (Å²) in [6.45, 7) is 3.59. The number of benzene rings is 2. The second-order valence-corrected chi connectivity index (χ2v) is 10.4. The minimum absolute atomic E-state index is 0.0392. The summed E-state index contributed by atoms with van der Waals surface area (Å²) < 4.78 is 16.9. The van der Waals surface area contributed by atoms with Gasteiger partial charge in [-0.1, -0.05) is 18.2 Å².